The van der Waals surface area contributed by atoms with Crippen molar-refractivity contribution in [2.45, 2.75) is 45.0 Å². The monoisotopic (exact) mass is 326 g/mol. The predicted octanol–water partition coefficient (Wildman–Crippen LogP) is 4.74. The third-order valence-electron chi connectivity index (χ3n) is 4.22. The molecule has 3 rings (SSSR count). The summed E-state index contributed by atoms with van der Waals surface area (Å²) in [5.74, 6) is 0.912. The van der Waals surface area contributed by atoms with Gasteiger partial charge in [-0.3, -0.25) is 0 Å². The van der Waals surface area contributed by atoms with Crippen LogP contribution in [0.4, 0.5) is 0 Å². The van der Waals surface area contributed by atoms with E-state index in [-0.39, 0.29) is 6.29 Å². The highest BCUT2D eigenvalue weighted by Crippen LogP contribution is 2.16. The van der Waals surface area contributed by atoms with Gasteiger partial charge in [0, 0.05) is 6.61 Å². The molecule has 1 aliphatic heterocycles. The molecule has 1 heterocycles. The average Bonchev–Trinajstić information content (AvgIpc) is 2.66. The second-order valence-electron chi connectivity index (χ2n) is 6.19. The van der Waals surface area contributed by atoms with Crippen molar-refractivity contribution in [2.24, 2.45) is 0 Å². The molecule has 24 heavy (non-hydrogen) atoms. The zero-order valence-electron chi connectivity index (χ0n) is 14.2. The van der Waals surface area contributed by atoms with Gasteiger partial charge in [0.1, 0.15) is 12.4 Å². The van der Waals surface area contributed by atoms with Gasteiger partial charge in [-0.15, -0.1) is 0 Å². The second-order valence-corrected chi connectivity index (χ2v) is 6.19. The maximum absolute atomic E-state index is 5.81. The molecule has 0 radical (unpaired) electrons. The van der Waals surface area contributed by atoms with Gasteiger partial charge in [0.2, 0.25) is 0 Å². The summed E-state index contributed by atoms with van der Waals surface area (Å²) >= 11 is 0. The van der Waals surface area contributed by atoms with Gasteiger partial charge in [-0.05, 0) is 55.4 Å². The predicted molar refractivity (Wildman–Crippen MR) is 95.1 cm³/mol. The normalized spacial score (nSPS) is 17.6. The molecular formula is C21H26O3. The van der Waals surface area contributed by atoms with Gasteiger partial charge >= 0.3 is 0 Å². The molecule has 0 saturated carbocycles. The Morgan fingerprint density at radius 2 is 1.75 bits per heavy atom. The zero-order chi connectivity index (χ0) is 16.5. The molecule has 1 atom stereocenters. The fraction of sp³-hybridized carbons (Fsp3) is 0.429. The Morgan fingerprint density at radius 3 is 2.50 bits per heavy atom. The lowest BCUT2D eigenvalue weighted by molar-refractivity contribution is -0.162. The third-order valence-corrected chi connectivity index (χ3v) is 4.22. The Bertz CT molecular complexity index is 574. The SMILES string of the molecule is c1ccc(COc2ccc(CCCOC3CCCCO3)cc2)cc1. The average molecular weight is 326 g/mol. The Balaban J connectivity index is 1.35. The summed E-state index contributed by atoms with van der Waals surface area (Å²) in [5.41, 5.74) is 2.50. The summed E-state index contributed by atoms with van der Waals surface area (Å²) in [7, 11) is 0. The number of rotatable bonds is 8. The van der Waals surface area contributed by atoms with Crippen LogP contribution in [0.5, 0.6) is 5.75 Å². The van der Waals surface area contributed by atoms with Crippen molar-refractivity contribution in [1.29, 1.82) is 0 Å². The topological polar surface area (TPSA) is 27.7 Å². The van der Waals surface area contributed by atoms with Crippen LogP contribution in [0.25, 0.3) is 0 Å². The van der Waals surface area contributed by atoms with Gasteiger partial charge in [-0.2, -0.15) is 0 Å². The first-order valence-corrected chi connectivity index (χ1v) is 8.89. The summed E-state index contributed by atoms with van der Waals surface area (Å²) in [6.45, 7) is 2.21. The van der Waals surface area contributed by atoms with Gasteiger partial charge in [0.25, 0.3) is 0 Å². The molecule has 3 heteroatoms. The van der Waals surface area contributed by atoms with Gasteiger partial charge in [-0.1, -0.05) is 42.5 Å². The van der Waals surface area contributed by atoms with Crippen LogP contribution in [0.1, 0.15) is 36.8 Å². The fourth-order valence-electron chi connectivity index (χ4n) is 2.83. The standard InChI is InChI=1S/C21H26O3/c1-2-7-19(8-3-1)17-24-20-13-11-18(12-14-20)9-6-16-23-21-10-4-5-15-22-21/h1-3,7-8,11-14,21H,4-6,9-10,15-17H2. The first-order valence-electron chi connectivity index (χ1n) is 8.89. The molecule has 0 N–H and O–H groups in total. The second kappa shape index (κ2) is 9.45. The van der Waals surface area contributed by atoms with Crippen LogP contribution in [-0.2, 0) is 22.5 Å². The summed E-state index contributed by atoms with van der Waals surface area (Å²) in [6, 6.07) is 18.6. The van der Waals surface area contributed by atoms with E-state index < -0.39 is 0 Å². The van der Waals surface area contributed by atoms with Crippen LogP contribution < -0.4 is 4.74 Å². The quantitative estimate of drug-likeness (QED) is 0.656. The molecule has 1 unspecified atom stereocenters. The van der Waals surface area contributed by atoms with E-state index >= 15 is 0 Å². The highest BCUT2D eigenvalue weighted by atomic mass is 16.7. The molecule has 1 aliphatic rings. The maximum atomic E-state index is 5.81. The highest BCUT2D eigenvalue weighted by molar-refractivity contribution is 5.27. The third kappa shape index (κ3) is 5.66. The number of hydrogen-bond donors (Lipinski definition) is 0. The number of benzene rings is 2. The zero-order valence-corrected chi connectivity index (χ0v) is 14.2. The van der Waals surface area contributed by atoms with Crippen LogP contribution in [0.3, 0.4) is 0 Å². The van der Waals surface area contributed by atoms with Gasteiger partial charge < -0.3 is 14.2 Å². The fourth-order valence-corrected chi connectivity index (χ4v) is 2.83. The van der Waals surface area contributed by atoms with E-state index in [1.54, 1.807) is 0 Å². The van der Waals surface area contributed by atoms with Crippen LogP contribution in [0, 0.1) is 0 Å². The lowest BCUT2D eigenvalue weighted by Gasteiger charge is -2.22. The number of aryl methyl sites for hydroxylation is 1. The van der Waals surface area contributed by atoms with Gasteiger partial charge in [-0.25, -0.2) is 0 Å². The molecule has 2 aromatic carbocycles. The summed E-state index contributed by atoms with van der Waals surface area (Å²) in [5, 5.41) is 0. The minimum absolute atomic E-state index is 0.0208. The maximum Gasteiger partial charge on any atom is 0.157 e. The Hall–Kier alpha value is -1.84. The van der Waals surface area contributed by atoms with Crippen LogP contribution >= 0.6 is 0 Å². The van der Waals surface area contributed by atoms with Crippen LogP contribution in [-0.4, -0.2) is 19.5 Å². The molecule has 0 spiro atoms. The Morgan fingerprint density at radius 1 is 0.917 bits per heavy atom. The van der Waals surface area contributed by atoms with Gasteiger partial charge in [0.15, 0.2) is 6.29 Å². The Labute approximate surface area is 144 Å². The van der Waals surface area contributed by atoms with E-state index in [9.17, 15) is 0 Å². The smallest absolute Gasteiger partial charge is 0.157 e. The largest absolute Gasteiger partial charge is 0.489 e. The van der Waals surface area contributed by atoms with Crippen molar-refractivity contribution in [3.8, 4) is 5.75 Å². The molecule has 0 bridgehead atoms. The molecule has 1 fully saturated rings. The van der Waals surface area contributed by atoms with Crippen molar-refractivity contribution in [2.75, 3.05) is 13.2 Å². The molecule has 0 aromatic heterocycles. The van der Waals surface area contributed by atoms with Crippen molar-refractivity contribution in [3.05, 3.63) is 65.7 Å². The molecule has 1 saturated heterocycles. The van der Waals surface area contributed by atoms with E-state index in [1.165, 1.54) is 24.0 Å². The van der Waals surface area contributed by atoms with Crippen LogP contribution in [0.2, 0.25) is 0 Å². The van der Waals surface area contributed by atoms with E-state index in [4.69, 9.17) is 14.2 Å². The minimum Gasteiger partial charge on any atom is -0.489 e. The van der Waals surface area contributed by atoms with E-state index in [1.807, 2.05) is 30.3 Å². The van der Waals surface area contributed by atoms with Crippen LogP contribution in [0.15, 0.2) is 54.6 Å². The molecular weight excluding hydrogens is 300 g/mol. The summed E-state index contributed by atoms with van der Waals surface area (Å²) < 4.78 is 17.2. The van der Waals surface area contributed by atoms with Crippen molar-refractivity contribution in [1.82, 2.24) is 0 Å². The lowest BCUT2D eigenvalue weighted by atomic mass is 10.1. The number of ether oxygens (including phenoxy) is 3. The highest BCUT2D eigenvalue weighted by Gasteiger charge is 2.13. The summed E-state index contributed by atoms with van der Waals surface area (Å²) in [4.78, 5) is 0. The van der Waals surface area contributed by atoms with E-state index in [2.05, 4.69) is 24.3 Å². The van der Waals surface area contributed by atoms with Crippen molar-refractivity contribution < 1.29 is 14.2 Å². The van der Waals surface area contributed by atoms with Crippen molar-refractivity contribution in [3.63, 3.8) is 0 Å². The molecule has 0 aliphatic carbocycles. The first-order chi connectivity index (χ1) is 11.9. The van der Waals surface area contributed by atoms with Crippen molar-refractivity contribution >= 4 is 0 Å². The summed E-state index contributed by atoms with van der Waals surface area (Å²) in [6.07, 6.45) is 5.48. The molecule has 2 aromatic rings. The molecule has 0 amide bonds. The van der Waals surface area contributed by atoms with Gasteiger partial charge in [0.05, 0.1) is 6.61 Å². The first kappa shape index (κ1) is 17.0. The Kier molecular flexibility index (Phi) is 6.70. The molecule has 3 nitrogen and oxygen atoms in total. The van der Waals surface area contributed by atoms with E-state index in [0.717, 1.165) is 38.2 Å². The lowest BCUT2D eigenvalue weighted by Crippen LogP contribution is -2.22. The van der Waals surface area contributed by atoms with E-state index in [0.29, 0.717) is 6.61 Å². The molecule has 128 valence electrons. The number of hydrogen-bond acceptors (Lipinski definition) is 3. The minimum atomic E-state index is 0.0208.